The molecule has 0 aliphatic carbocycles. The van der Waals surface area contributed by atoms with E-state index in [4.69, 9.17) is 5.11 Å². The molecule has 5 nitrogen and oxygen atoms in total. The molecule has 1 aromatic carbocycles. The lowest BCUT2D eigenvalue weighted by atomic mass is 10.2. The SMILES string of the molecule is CC(C)N(CC(=O)O)S(=O)(=O)c1cc(C(F)(F)F)ccc1F. The molecule has 1 N–H and O–H groups in total. The number of carboxylic acids is 1. The fraction of sp³-hybridized carbons (Fsp3) is 0.417. The Morgan fingerprint density at radius 2 is 1.86 bits per heavy atom. The first-order chi connectivity index (χ1) is 9.87. The summed E-state index contributed by atoms with van der Waals surface area (Å²) in [5, 5.41) is 8.72. The quantitative estimate of drug-likeness (QED) is 0.833. The summed E-state index contributed by atoms with van der Waals surface area (Å²) >= 11 is 0. The van der Waals surface area contributed by atoms with E-state index in [1.807, 2.05) is 0 Å². The molecule has 0 aromatic heterocycles. The second-order valence-electron chi connectivity index (χ2n) is 4.68. The van der Waals surface area contributed by atoms with Crippen LogP contribution in [0.4, 0.5) is 17.6 Å². The number of halogens is 4. The Bertz CT molecular complexity index is 670. The normalized spacial score (nSPS) is 12.9. The number of hydrogen-bond donors (Lipinski definition) is 1. The first-order valence-corrected chi connectivity index (χ1v) is 7.41. The molecule has 124 valence electrons. The van der Waals surface area contributed by atoms with Gasteiger partial charge in [-0.1, -0.05) is 0 Å². The van der Waals surface area contributed by atoms with Gasteiger partial charge in [0.1, 0.15) is 17.3 Å². The third kappa shape index (κ3) is 3.95. The Balaban J connectivity index is 3.46. The summed E-state index contributed by atoms with van der Waals surface area (Å²) in [5.74, 6) is -2.89. The highest BCUT2D eigenvalue weighted by atomic mass is 32.2. The Kier molecular flexibility index (Phi) is 5.18. The van der Waals surface area contributed by atoms with Gasteiger partial charge in [0.15, 0.2) is 0 Å². The van der Waals surface area contributed by atoms with Crippen LogP contribution in [0.5, 0.6) is 0 Å². The van der Waals surface area contributed by atoms with Crippen LogP contribution in [-0.4, -0.2) is 36.4 Å². The minimum Gasteiger partial charge on any atom is -0.480 e. The highest BCUT2D eigenvalue weighted by Crippen LogP contribution is 2.32. The van der Waals surface area contributed by atoms with Crippen molar-refractivity contribution in [1.82, 2.24) is 4.31 Å². The Labute approximate surface area is 124 Å². The highest BCUT2D eigenvalue weighted by molar-refractivity contribution is 7.89. The van der Waals surface area contributed by atoms with Gasteiger partial charge in [0.2, 0.25) is 10.0 Å². The van der Waals surface area contributed by atoms with E-state index in [-0.39, 0.29) is 6.07 Å². The van der Waals surface area contributed by atoms with Crippen LogP contribution in [0.2, 0.25) is 0 Å². The zero-order chi connectivity index (χ0) is 17.3. The highest BCUT2D eigenvalue weighted by Gasteiger charge is 2.36. The van der Waals surface area contributed by atoms with Gasteiger partial charge < -0.3 is 5.11 Å². The largest absolute Gasteiger partial charge is 0.480 e. The van der Waals surface area contributed by atoms with Crippen molar-refractivity contribution < 1.29 is 35.9 Å². The zero-order valence-electron chi connectivity index (χ0n) is 11.6. The maximum Gasteiger partial charge on any atom is 0.416 e. The van der Waals surface area contributed by atoms with E-state index < -0.39 is 51.0 Å². The molecule has 0 radical (unpaired) electrons. The van der Waals surface area contributed by atoms with Crippen molar-refractivity contribution in [2.45, 2.75) is 31.0 Å². The molecule has 10 heteroatoms. The summed E-state index contributed by atoms with van der Waals surface area (Å²) in [7, 11) is -4.73. The number of aliphatic carboxylic acids is 1. The molecule has 22 heavy (non-hydrogen) atoms. The fourth-order valence-electron chi connectivity index (χ4n) is 1.68. The van der Waals surface area contributed by atoms with Crippen LogP contribution in [0, 0.1) is 5.82 Å². The number of nitrogens with zero attached hydrogens (tertiary/aromatic N) is 1. The summed E-state index contributed by atoms with van der Waals surface area (Å²) in [4.78, 5) is 9.51. The average Bonchev–Trinajstić information content (AvgIpc) is 2.34. The van der Waals surface area contributed by atoms with Crippen molar-refractivity contribution >= 4 is 16.0 Å². The van der Waals surface area contributed by atoms with Crippen molar-refractivity contribution in [3.8, 4) is 0 Å². The number of carboxylic acid groups (broad SMARTS) is 1. The molecule has 1 rings (SSSR count). The molecule has 0 atom stereocenters. The predicted molar refractivity (Wildman–Crippen MR) is 68.1 cm³/mol. The van der Waals surface area contributed by atoms with Crippen molar-refractivity contribution in [1.29, 1.82) is 0 Å². The molecule has 0 aliphatic rings. The molecular weight excluding hydrogens is 330 g/mol. The summed E-state index contributed by atoms with van der Waals surface area (Å²) in [6, 6.07) is 0.0670. The number of hydrogen-bond acceptors (Lipinski definition) is 3. The van der Waals surface area contributed by atoms with E-state index in [2.05, 4.69) is 0 Å². The topological polar surface area (TPSA) is 74.7 Å². The van der Waals surface area contributed by atoms with Gasteiger partial charge in [0, 0.05) is 6.04 Å². The van der Waals surface area contributed by atoms with Gasteiger partial charge in [-0.15, -0.1) is 0 Å². The van der Waals surface area contributed by atoms with E-state index in [0.29, 0.717) is 16.4 Å². The number of carbonyl (C=O) groups is 1. The van der Waals surface area contributed by atoms with Crippen molar-refractivity contribution in [3.63, 3.8) is 0 Å². The van der Waals surface area contributed by atoms with Crippen LogP contribution in [0.15, 0.2) is 23.1 Å². The Morgan fingerprint density at radius 3 is 2.27 bits per heavy atom. The zero-order valence-corrected chi connectivity index (χ0v) is 12.4. The molecule has 0 spiro atoms. The molecule has 0 fully saturated rings. The second kappa shape index (κ2) is 6.21. The van der Waals surface area contributed by atoms with E-state index in [0.717, 1.165) is 0 Å². The van der Waals surface area contributed by atoms with E-state index >= 15 is 0 Å². The lowest BCUT2D eigenvalue weighted by molar-refractivity contribution is -0.138. The van der Waals surface area contributed by atoms with Gasteiger partial charge in [-0.25, -0.2) is 12.8 Å². The van der Waals surface area contributed by atoms with Crippen LogP contribution in [0.3, 0.4) is 0 Å². The monoisotopic (exact) mass is 343 g/mol. The van der Waals surface area contributed by atoms with Crippen LogP contribution < -0.4 is 0 Å². The maximum absolute atomic E-state index is 13.7. The van der Waals surface area contributed by atoms with Gasteiger partial charge in [-0.05, 0) is 32.0 Å². The van der Waals surface area contributed by atoms with Gasteiger partial charge in [0.05, 0.1) is 5.56 Å². The molecule has 0 saturated carbocycles. The van der Waals surface area contributed by atoms with Crippen LogP contribution in [-0.2, 0) is 21.0 Å². The Hall–Kier alpha value is -1.68. The molecule has 0 heterocycles. The minimum absolute atomic E-state index is 0.155. The summed E-state index contributed by atoms with van der Waals surface area (Å²) in [6.07, 6.45) is -4.85. The minimum atomic E-state index is -4.85. The van der Waals surface area contributed by atoms with Crippen LogP contribution >= 0.6 is 0 Å². The molecule has 1 aromatic rings. The Morgan fingerprint density at radius 1 is 1.32 bits per heavy atom. The molecule has 0 saturated heterocycles. The van der Waals surface area contributed by atoms with E-state index in [1.165, 1.54) is 13.8 Å². The smallest absolute Gasteiger partial charge is 0.416 e. The number of rotatable bonds is 5. The molecule has 0 amide bonds. The van der Waals surface area contributed by atoms with Gasteiger partial charge in [0.25, 0.3) is 0 Å². The molecule has 0 aliphatic heterocycles. The average molecular weight is 343 g/mol. The first kappa shape index (κ1) is 18.4. The van der Waals surface area contributed by atoms with Gasteiger partial charge >= 0.3 is 12.1 Å². The number of benzene rings is 1. The summed E-state index contributed by atoms with van der Waals surface area (Å²) in [5.41, 5.74) is -1.34. The van der Waals surface area contributed by atoms with Crippen molar-refractivity contribution in [2.24, 2.45) is 0 Å². The second-order valence-corrected chi connectivity index (χ2v) is 6.54. The molecule has 0 unspecified atom stereocenters. The van der Waals surface area contributed by atoms with E-state index in [9.17, 15) is 30.8 Å². The van der Waals surface area contributed by atoms with Gasteiger partial charge in [-0.2, -0.15) is 17.5 Å². The summed E-state index contributed by atoms with van der Waals surface area (Å²) in [6.45, 7) is 1.66. The number of sulfonamides is 1. The molecular formula is C12H13F4NO4S. The fourth-order valence-corrected chi connectivity index (χ4v) is 3.36. The molecule has 0 bridgehead atoms. The lowest BCUT2D eigenvalue weighted by Crippen LogP contribution is -2.41. The van der Waals surface area contributed by atoms with Crippen molar-refractivity contribution in [2.75, 3.05) is 6.54 Å². The lowest BCUT2D eigenvalue weighted by Gasteiger charge is -2.24. The van der Waals surface area contributed by atoms with Gasteiger partial charge in [-0.3, -0.25) is 4.79 Å². The maximum atomic E-state index is 13.7. The van der Waals surface area contributed by atoms with E-state index in [1.54, 1.807) is 0 Å². The van der Waals surface area contributed by atoms with Crippen LogP contribution in [0.1, 0.15) is 19.4 Å². The van der Waals surface area contributed by atoms with Crippen molar-refractivity contribution in [3.05, 3.63) is 29.6 Å². The third-order valence-corrected chi connectivity index (χ3v) is 4.75. The number of alkyl halides is 3. The summed E-state index contributed by atoms with van der Waals surface area (Å²) < 4.78 is 76.5. The standard InChI is InChI=1S/C12H13F4NO4S/c1-7(2)17(6-11(18)19)22(20,21)10-5-8(12(14,15)16)3-4-9(10)13/h3-5,7H,6H2,1-2H3,(H,18,19). The third-order valence-electron chi connectivity index (χ3n) is 2.71. The van der Waals surface area contributed by atoms with Crippen LogP contribution in [0.25, 0.3) is 0 Å². The first-order valence-electron chi connectivity index (χ1n) is 5.97. The predicted octanol–water partition coefficient (Wildman–Crippen LogP) is 2.33.